The first kappa shape index (κ1) is 12.3. The van der Waals surface area contributed by atoms with E-state index < -0.39 is 23.2 Å². The van der Waals surface area contributed by atoms with Crippen molar-refractivity contribution in [2.24, 2.45) is 0 Å². The number of benzene rings is 1. The van der Waals surface area contributed by atoms with Gasteiger partial charge in [0, 0.05) is 5.56 Å². The van der Waals surface area contributed by atoms with Crippen LogP contribution in [0, 0.1) is 5.82 Å². The lowest BCUT2D eigenvalue weighted by atomic mass is 9.76. The first-order valence-corrected chi connectivity index (χ1v) is 5.55. The number of carbonyl (C=O) groups is 2. The Balaban J connectivity index is 2.17. The van der Waals surface area contributed by atoms with Gasteiger partial charge in [-0.05, 0) is 37.5 Å². The molecule has 0 heterocycles. The molecule has 96 valence electrons. The topological polar surface area (TPSA) is 92.4 Å². The number of carbonyl (C=O) groups excluding carboxylic acids is 1. The van der Waals surface area contributed by atoms with Crippen LogP contribution in [0.15, 0.2) is 18.2 Å². The van der Waals surface area contributed by atoms with Crippen molar-refractivity contribution in [3.63, 3.8) is 0 Å². The number of hydrogen-bond acceptors (Lipinski definition) is 3. The third-order valence-corrected chi connectivity index (χ3v) is 3.23. The highest BCUT2D eigenvalue weighted by Crippen LogP contribution is 2.32. The van der Waals surface area contributed by atoms with E-state index >= 15 is 0 Å². The van der Waals surface area contributed by atoms with Gasteiger partial charge in [0.05, 0.1) is 5.69 Å². The highest BCUT2D eigenvalue weighted by atomic mass is 19.1. The predicted molar refractivity (Wildman–Crippen MR) is 62.5 cm³/mol. The maximum Gasteiger partial charge on any atom is 0.329 e. The fourth-order valence-corrected chi connectivity index (χ4v) is 1.88. The monoisotopic (exact) mass is 252 g/mol. The Morgan fingerprint density at radius 1 is 1.39 bits per heavy atom. The molecule has 0 atom stereocenters. The van der Waals surface area contributed by atoms with Crippen LogP contribution in [0.3, 0.4) is 0 Å². The molecule has 0 radical (unpaired) electrons. The van der Waals surface area contributed by atoms with Gasteiger partial charge in [-0.2, -0.15) is 0 Å². The standard InChI is InChI=1S/C12H13FN2O3/c13-8-6-7(2-3-9(8)14)10(16)15-12(11(17)18)4-1-5-12/h2-3,6H,1,4-5,14H2,(H,15,16)(H,17,18). The fourth-order valence-electron chi connectivity index (χ4n) is 1.88. The second-order valence-corrected chi connectivity index (χ2v) is 4.43. The molecule has 0 bridgehead atoms. The number of aliphatic carboxylic acids is 1. The van der Waals surface area contributed by atoms with Crippen LogP contribution in [0.4, 0.5) is 10.1 Å². The van der Waals surface area contributed by atoms with Gasteiger partial charge in [-0.25, -0.2) is 9.18 Å². The van der Waals surface area contributed by atoms with E-state index in [1.165, 1.54) is 12.1 Å². The average molecular weight is 252 g/mol. The maximum absolute atomic E-state index is 13.2. The Labute approximate surface area is 103 Å². The molecule has 0 aromatic heterocycles. The van der Waals surface area contributed by atoms with Crippen LogP contribution < -0.4 is 11.1 Å². The molecule has 1 saturated carbocycles. The highest BCUT2D eigenvalue weighted by Gasteiger charge is 2.45. The molecule has 5 nitrogen and oxygen atoms in total. The minimum atomic E-state index is -1.20. The van der Waals surface area contributed by atoms with Crippen LogP contribution in [0.5, 0.6) is 0 Å². The molecule has 1 aliphatic carbocycles. The van der Waals surface area contributed by atoms with Gasteiger partial charge in [-0.3, -0.25) is 4.79 Å². The van der Waals surface area contributed by atoms with Gasteiger partial charge in [-0.15, -0.1) is 0 Å². The number of nitrogen functional groups attached to an aromatic ring is 1. The summed E-state index contributed by atoms with van der Waals surface area (Å²) in [6.45, 7) is 0. The minimum absolute atomic E-state index is 0.0526. The van der Waals surface area contributed by atoms with Crippen molar-refractivity contribution in [2.45, 2.75) is 24.8 Å². The van der Waals surface area contributed by atoms with E-state index in [0.717, 1.165) is 12.5 Å². The molecule has 1 aliphatic rings. The van der Waals surface area contributed by atoms with Crippen LogP contribution in [-0.4, -0.2) is 22.5 Å². The van der Waals surface area contributed by atoms with E-state index in [2.05, 4.69) is 5.32 Å². The van der Waals surface area contributed by atoms with E-state index in [9.17, 15) is 14.0 Å². The first-order chi connectivity index (χ1) is 8.44. The Morgan fingerprint density at radius 2 is 2.06 bits per heavy atom. The largest absolute Gasteiger partial charge is 0.480 e. The van der Waals surface area contributed by atoms with E-state index in [4.69, 9.17) is 10.8 Å². The van der Waals surface area contributed by atoms with Crippen molar-refractivity contribution < 1.29 is 19.1 Å². The summed E-state index contributed by atoms with van der Waals surface area (Å²) in [6.07, 6.45) is 1.54. The number of carboxylic acid groups (broad SMARTS) is 1. The Hall–Kier alpha value is -2.11. The van der Waals surface area contributed by atoms with Gasteiger partial charge in [-0.1, -0.05) is 0 Å². The number of nitrogens with one attached hydrogen (secondary N) is 1. The number of rotatable bonds is 3. The molecule has 18 heavy (non-hydrogen) atoms. The fraction of sp³-hybridized carbons (Fsp3) is 0.333. The van der Waals surface area contributed by atoms with Crippen LogP contribution in [-0.2, 0) is 4.79 Å². The van der Waals surface area contributed by atoms with Crippen LogP contribution in [0.2, 0.25) is 0 Å². The third-order valence-electron chi connectivity index (χ3n) is 3.23. The van der Waals surface area contributed by atoms with Gasteiger partial charge < -0.3 is 16.2 Å². The number of anilines is 1. The van der Waals surface area contributed by atoms with Crippen molar-refractivity contribution in [2.75, 3.05) is 5.73 Å². The smallest absolute Gasteiger partial charge is 0.329 e. The van der Waals surface area contributed by atoms with Gasteiger partial charge in [0.25, 0.3) is 5.91 Å². The van der Waals surface area contributed by atoms with Crippen LogP contribution >= 0.6 is 0 Å². The third kappa shape index (κ3) is 2.01. The maximum atomic E-state index is 13.2. The predicted octanol–water partition coefficient (Wildman–Crippen LogP) is 1.14. The molecule has 1 aromatic carbocycles. The summed E-state index contributed by atoms with van der Waals surface area (Å²) >= 11 is 0. The number of amides is 1. The molecule has 1 aromatic rings. The van der Waals surface area contributed by atoms with Gasteiger partial charge in [0.15, 0.2) is 0 Å². The van der Waals surface area contributed by atoms with Crippen molar-refractivity contribution in [1.29, 1.82) is 0 Å². The van der Waals surface area contributed by atoms with Crippen molar-refractivity contribution in [1.82, 2.24) is 5.32 Å². The van der Waals surface area contributed by atoms with Crippen LogP contribution in [0.1, 0.15) is 29.6 Å². The zero-order valence-corrected chi connectivity index (χ0v) is 9.57. The van der Waals surface area contributed by atoms with Crippen molar-refractivity contribution in [3.05, 3.63) is 29.6 Å². The molecular formula is C12H13FN2O3. The summed E-state index contributed by atoms with van der Waals surface area (Å²) in [5, 5.41) is 11.5. The van der Waals surface area contributed by atoms with E-state index in [-0.39, 0.29) is 11.3 Å². The SMILES string of the molecule is Nc1ccc(C(=O)NC2(C(=O)O)CCC2)cc1F. The first-order valence-electron chi connectivity index (χ1n) is 5.55. The molecule has 0 unspecified atom stereocenters. The summed E-state index contributed by atoms with van der Waals surface area (Å²) in [4.78, 5) is 22.9. The Kier molecular flexibility index (Phi) is 2.94. The van der Waals surface area contributed by atoms with Gasteiger partial charge >= 0.3 is 5.97 Å². The lowest BCUT2D eigenvalue weighted by molar-refractivity contribution is -0.148. The van der Waals surface area contributed by atoms with Gasteiger partial charge in [0.1, 0.15) is 11.4 Å². The summed E-state index contributed by atoms with van der Waals surface area (Å²) < 4.78 is 13.2. The lowest BCUT2D eigenvalue weighted by Gasteiger charge is -2.38. The molecular weight excluding hydrogens is 239 g/mol. The number of halogens is 1. The number of hydrogen-bond donors (Lipinski definition) is 3. The molecule has 1 fully saturated rings. The van der Waals surface area contributed by atoms with Crippen molar-refractivity contribution in [3.8, 4) is 0 Å². The number of nitrogens with two attached hydrogens (primary N) is 1. The summed E-state index contributed by atoms with van der Waals surface area (Å²) in [6, 6.07) is 3.64. The second kappa shape index (κ2) is 4.29. The van der Waals surface area contributed by atoms with Crippen LogP contribution in [0.25, 0.3) is 0 Å². The molecule has 0 spiro atoms. The molecule has 4 N–H and O–H groups in total. The molecule has 0 aliphatic heterocycles. The van der Waals surface area contributed by atoms with E-state index in [1.54, 1.807) is 0 Å². The summed E-state index contributed by atoms with van der Waals surface area (Å²) in [5.41, 5.74) is 4.11. The molecule has 6 heteroatoms. The highest BCUT2D eigenvalue weighted by molar-refractivity contribution is 5.98. The second-order valence-electron chi connectivity index (χ2n) is 4.43. The van der Waals surface area contributed by atoms with E-state index in [1.807, 2.05) is 0 Å². The zero-order chi connectivity index (χ0) is 13.3. The quantitative estimate of drug-likeness (QED) is 0.703. The molecule has 0 saturated heterocycles. The normalized spacial score (nSPS) is 16.7. The molecule has 1 amide bonds. The minimum Gasteiger partial charge on any atom is -0.480 e. The average Bonchev–Trinajstić information content (AvgIpc) is 2.26. The lowest BCUT2D eigenvalue weighted by Crippen LogP contribution is -2.59. The Bertz CT molecular complexity index is 512. The Morgan fingerprint density at radius 3 is 2.50 bits per heavy atom. The number of carboxylic acids is 1. The molecule has 2 rings (SSSR count). The summed E-state index contributed by atoms with van der Waals surface area (Å²) in [5.74, 6) is -2.35. The summed E-state index contributed by atoms with van der Waals surface area (Å²) in [7, 11) is 0. The van der Waals surface area contributed by atoms with E-state index in [0.29, 0.717) is 12.8 Å². The zero-order valence-electron chi connectivity index (χ0n) is 9.57. The van der Waals surface area contributed by atoms with Crippen molar-refractivity contribution >= 4 is 17.6 Å². The van der Waals surface area contributed by atoms with Gasteiger partial charge in [0.2, 0.25) is 0 Å².